The molecule has 0 saturated heterocycles. The molecule has 0 aliphatic heterocycles. The summed E-state index contributed by atoms with van der Waals surface area (Å²) < 4.78 is 9.28. The van der Waals surface area contributed by atoms with Crippen molar-refractivity contribution in [2.45, 2.75) is 51.4 Å². The van der Waals surface area contributed by atoms with Crippen molar-refractivity contribution >= 4 is 17.9 Å². The number of hydrogen-bond acceptors (Lipinski definition) is 8. The van der Waals surface area contributed by atoms with Crippen LogP contribution in [0.3, 0.4) is 0 Å². The minimum Gasteiger partial charge on any atom is -0.480 e. The molecule has 0 aromatic rings. The topological polar surface area (TPSA) is 180 Å². The van der Waals surface area contributed by atoms with E-state index in [0.717, 1.165) is 6.42 Å². The predicted octanol–water partition coefficient (Wildman–Crippen LogP) is -0.556. The van der Waals surface area contributed by atoms with Gasteiger partial charge in [-0.25, -0.2) is 0 Å². The highest BCUT2D eigenvalue weighted by molar-refractivity contribution is 5.74. The van der Waals surface area contributed by atoms with E-state index in [1.54, 1.807) is 21.0 Å². The van der Waals surface area contributed by atoms with Crippen molar-refractivity contribution in [2.24, 2.45) is 11.7 Å². The summed E-state index contributed by atoms with van der Waals surface area (Å²) in [4.78, 5) is 30.7. The highest BCUT2D eigenvalue weighted by Gasteiger charge is 2.22. The van der Waals surface area contributed by atoms with Crippen LogP contribution in [0.15, 0.2) is 0 Å². The molecule has 0 saturated carbocycles. The van der Waals surface area contributed by atoms with Crippen molar-refractivity contribution in [1.29, 1.82) is 0 Å². The third kappa shape index (κ3) is 15.3. The molecular formula is C17H37N3O8. The summed E-state index contributed by atoms with van der Waals surface area (Å²) in [6.07, 6.45) is 0.583. The van der Waals surface area contributed by atoms with E-state index < -0.39 is 36.0 Å². The van der Waals surface area contributed by atoms with Crippen molar-refractivity contribution in [2.75, 3.05) is 34.9 Å². The largest absolute Gasteiger partial charge is 0.480 e. The molecule has 0 amide bonds. The number of carboxylic acids is 3. The zero-order valence-electron chi connectivity index (χ0n) is 17.8. The fourth-order valence-corrected chi connectivity index (χ4v) is 1.83. The Labute approximate surface area is 166 Å². The molecule has 28 heavy (non-hydrogen) atoms. The lowest BCUT2D eigenvalue weighted by Gasteiger charge is -2.17. The maximum Gasteiger partial charge on any atom is 0.323 e. The van der Waals surface area contributed by atoms with Crippen LogP contribution in [-0.4, -0.2) is 92.4 Å². The Hall–Kier alpha value is -1.79. The van der Waals surface area contributed by atoms with Crippen LogP contribution < -0.4 is 16.4 Å². The first-order chi connectivity index (χ1) is 12.9. The summed E-state index contributed by atoms with van der Waals surface area (Å²) in [5.74, 6) is -2.50. The average Bonchev–Trinajstić information content (AvgIpc) is 2.63. The Bertz CT molecular complexity index is 409. The van der Waals surface area contributed by atoms with Gasteiger partial charge in [0.1, 0.15) is 18.1 Å². The monoisotopic (exact) mass is 411 g/mol. The fourth-order valence-electron chi connectivity index (χ4n) is 1.83. The van der Waals surface area contributed by atoms with E-state index in [9.17, 15) is 14.4 Å². The number of aliphatic carboxylic acids is 3. The van der Waals surface area contributed by atoms with Gasteiger partial charge in [-0.15, -0.1) is 0 Å². The van der Waals surface area contributed by atoms with Gasteiger partial charge in [0.15, 0.2) is 0 Å². The molecule has 0 heterocycles. The standard InChI is InChI=1S/C7H15NO2.C6H13NO3.C4H9NO3/c1-4-5(2)6(8-3)7(9)10;1-4(10-3)5(7-2)6(8)9;1-8-2-3(5)4(6)7/h5-6,8H,4H2,1-3H3,(H,9,10);4-5,7H,1-3H3,(H,8,9);3H,2,5H2,1H3,(H,6,7)/t5-,6-;4-,5+;3-/m010/s1. The maximum atomic E-state index is 10.5. The predicted molar refractivity (Wildman–Crippen MR) is 104 cm³/mol. The van der Waals surface area contributed by atoms with Crippen LogP contribution in [0.4, 0.5) is 0 Å². The Morgan fingerprint density at radius 2 is 1.36 bits per heavy atom. The molecule has 168 valence electrons. The van der Waals surface area contributed by atoms with E-state index in [2.05, 4.69) is 15.4 Å². The molecule has 7 N–H and O–H groups in total. The summed E-state index contributed by atoms with van der Waals surface area (Å²) in [6, 6.07) is -1.91. The second kappa shape index (κ2) is 18.6. The molecule has 0 rings (SSSR count). The van der Waals surface area contributed by atoms with Gasteiger partial charge in [0.2, 0.25) is 0 Å². The molecule has 11 nitrogen and oxygen atoms in total. The lowest BCUT2D eigenvalue weighted by Crippen LogP contribution is -2.43. The van der Waals surface area contributed by atoms with E-state index >= 15 is 0 Å². The molecule has 0 unspecified atom stereocenters. The number of rotatable bonds is 11. The van der Waals surface area contributed by atoms with E-state index in [1.165, 1.54) is 14.2 Å². The molecule has 0 aliphatic rings. The second-order valence-corrected chi connectivity index (χ2v) is 5.94. The first-order valence-corrected chi connectivity index (χ1v) is 8.75. The maximum absolute atomic E-state index is 10.5. The minimum atomic E-state index is -1.04. The second-order valence-electron chi connectivity index (χ2n) is 5.94. The van der Waals surface area contributed by atoms with Gasteiger partial charge in [0.05, 0.1) is 12.7 Å². The van der Waals surface area contributed by atoms with Crippen LogP contribution in [0.2, 0.25) is 0 Å². The summed E-state index contributed by atoms with van der Waals surface area (Å²) in [7, 11) is 6.15. The first kappa shape index (κ1) is 30.9. The smallest absolute Gasteiger partial charge is 0.323 e. The highest BCUT2D eigenvalue weighted by atomic mass is 16.5. The van der Waals surface area contributed by atoms with Crippen LogP contribution in [-0.2, 0) is 23.9 Å². The molecule has 0 aromatic carbocycles. The number of hydrogen-bond donors (Lipinski definition) is 6. The van der Waals surface area contributed by atoms with E-state index in [4.69, 9.17) is 25.8 Å². The third-order valence-electron chi connectivity index (χ3n) is 3.87. The number of nitrogens with two attached hydrogens (primary N) is 1. The number of methoxy groups -OCH3 is 2. The van der Waals surface area contributed by atoms with Crippen molar-refractivity contribution in [3.8, 4) is 0 Å². The number of carbonyl (C=O) groups is 3. The normalized spacial score (nSPS) is 15.4. The van der Waals surface area contributed by atoms with Gasteiger partial charge >= 0.3 is 17.9 Å². The Morgan fingerprint density at radius 3 is 1.46 bits per heavy atom. The quantitative estimate of drug-likeness (QED) is 0.256. The zero-order valence-corrected chi connectivity index (χ0v) is 17.8. The lowest BCUT2D eigenvalue weighted by atomic mass is 10.00. The van der Waals surface area contributed by atoms with Crippen LogP contribution in [0.5, 0.6) is 0 Å². The zero-order chi connectivity index (χ0) is 22.9. The molecule has 5 atom stereocenters. The van der Waals surface area contributed by atoms with Crippen molar-refractivity contribution in [3.63, 3.8) is 0 Å². The molecule has 0 bridgehead atoms. The van der Waals surface area contributed by atoms with E-state index in [-0.39, 0.29) is 18.6 Å². The van der Waals surface area contributed by atoms with Gasteiger partial charge in [-0.1, -0.05) is 20.3 Å². The molecular weight excluding hydrogens is 374 g/mol. The molecule has 0 spiro atoms. The molecule has 0 fully saturated rings. The van der Waals surface area contributed by atoms with E-state index in [0.29, 0.717) is 0 Å². The number of carboxylic acid groups (broad SMARTS) is 3. The van der Waals surface area contributed by atoms with Gasteiger partial charge < -0.3 is 41.2 Å². The Kier molecular flexibility index (Phi) is 20.5. The summed E-state index contributed by atoms with van der Waals surface area (Å²) >= 11 is 0. The first-order valence-electron chi connectivity index (χ1n) is 8.75. The van der Waals surface area contributed by atoms with Gasteiger partial charge in [-0.2, -0.15) is 0 Å². The van der Waals surface area contributed by atoms with Crippen molar-refractivity contribution in [1.82, 2.24) is 10.6 Å². The Balaban J connectivity index is -0.000000337. The molecule has 0 aromatic heterocycles. The Morgan fingerprint density at radius 1 is 0.929 bits per heavy atom. The molecule has 11 heteroatoms. The fraction of sp³-hybridized carbons (Fsp3) is 0.824. The SMILES string of the molecule is CC[C@H](C)[C@H](NC)C(=O)O.CN[C@H](C(=O)O)[C@@H](C)OC.COC[C@H](N)C(=O)O. The summed E-state index contributed by atoms with van der Waals surface area (Å²) in [5, 5.41) is 30.6. The van der Waals surface area contributed by atoms with Crippen LogP contribution >= 0.6 is 0 Å². The van der Waals surface area contributed by atoms with Gasteiger partial charge in [-0.05, 0) is 26.9 Å². The number of likely N-dealkylation sites (N-methyl/N-ethyl adjacent to an activating group) is 2. The number of nitrogens with one attached hydrogen (secondary N) is 2. The summed E-state index contributed by atoms with van der Waals surface area (Å²) in [5.41, 5.74) is 5.00. The van der Waals surface area contributed by atoms with E-state index in [1.807, 2.05) is 13.8 Å². The lowest BCUT2D eigenvalue weighted by molar-refractivity contribution is -0.143. The summed E-state index contributed by atoms with van der Waals surface area (Å²) in [6.45, 7) is 5.68. The van der Waals surface area contributed by atoms with Gasteiger partial charge in [-0.3, -0.25) is 14.4 Å². The van der Waals surface area contributed by atoms with Gasteiger partial charge in [0.25, 0.3) is 0 Å². The van der Waals surface area contributed by atoms with Crippen LogP contribution in [0.25, 0.3) is 0 Å². The highest BCUT2D eigenvalue weighted by Crippen LogP contribution is 2.06. The van der Waals surface area contributed by atoms with Crippen molar-refractivity contribution in [3.05, 3.63) is 0 Å². The molecule has 0 radical (unpaired) electrons. The third-order valence-corrected chi connectivity index (χ3v) is 3.87. The molecule has 0 aliphatic carbocycles. The van der Waals surface area contributed by atoms with Crippen LogP contribution in [0.1, 0.15) is 27.2 Å². The minimum absolute atomic E-state index is 0.0648. The van der Waals surface area contributed by atoms with Gasteiger partial charge in [0, 0.05) is 14.2 Å². The number of ether oxygens (including phenoxy) is 2. The average molecular weight is 411 g/mol. The van der Waals surface area contributed by atoms with Crippen LogP contribution in [0, 0.1) is 5.92 Å². The van der Waals surface area contributed by atoms with Crippen molar-refractivity contribution < 1.29 is 39.2 Å².